The Bertz CT molecular complexity index is 363. The summed E-state index contributed by atoms with van der Waals surface area (Å²) in [7, 11) is 2.55. The van der Waals surface area contributed by atoms with Crippen LogP contribution in [0.1, 0.15) is 5.56 Å². The first kappa shape index (κ1) is 12.2. The van der Waals surface area contributed by atoms with Crippen molar-refractivity contribution in [1.82, 2.24) is 0 Å². The molecule has 0 aliphatic carbocycles. The van der Waals surface area contributed by atoms with Gasteiger partial charge in [0.1, 0.15) is 11.5 Å². The molecule has 1 aromatic rings. The molecule has 0 radical (unpaired) electrons. The summed E-state index contributed by atoms with van der Waals surface area (Å²) < 4.78 is 47.3. The highest BCUT2D eigenvalue weighted by Crippen LogP contribution is 2.41. The van der Waals surface area contributed by atoms with Crippen LogP contribution in [0.5, 0.6) is 11.5 Å². The van der Waals surface area contributed by atoms with E-state index in [1.54, 1.807) is 0 Å². The summed E-state index contributed by atoms with van der Waals surface area (Å²) in [6.07, 6.45) is -4.44. The van der Waals surface area contributed by atoms with Crippen molar-refractivity contribution in [1.29, 1.82) is 0 Å². The third kappa shape index (κ3) is 2.56. The summed E-state index contributed by atoms with van der Waals surface area (Å²) in [6, 6.07) is 2.12. The summed E-state index contributed by atoms with van der Waals surface area (Å²) in [5, 5.41) is 0. The molecule has 1 aromatic carbocycles. The predicted octanol–water partition coefficient (Wildman–Crippen LogP) is 3.49. The quantitative estimate of drug-likeness (QED) is 0.828. The maximum absolute atomic E-state index is 12.5. The Kier molecular flexibility index (Phi) is 3.49. The summed E-state index contributed by atoms with van der Waals surface area (Å²) in [6.45, 7) is 0. The van der Waals surface area contributed by atoms with Crippen LogP contribution in [0, 0.1) is 0 Å². The first-order chi connectivity index (χ1) is 6.90. The van der Waals surface area contributed by atoms with Gasteiger partial charge in [0, 0.05) is 6.07 Å². The molecule has 0 saturated carbocycles. The monoisotopic (exact) mass is 284 g/mol. The lowest BCUT2D eigenvalue weighted by atomic mass is 10.2. The average Bonchev–Trinajstić information content (AvgIpc) is 2.16. The van der Waals surface area contributed by atoms with Crippen molar-refractivity contribution in [2.45, 2.75) is 6.18 Å². The molecule has 84 valence electrons. The molecule has 0 N–H and O–H groups in total. The SMILES string of the molecule is COc1cc(OC)c(C(F)(F)F)cc1Br. The molecule has 0 spiro atoms. The molecule has 0 aliphatic heterocycles. The molecule has 0 amide bonds. The second-order valence-electron chi connectivity index (χ2n) is 2.68. The van der Waals surface area contributed by atoms with Crippen LogP contribution in [0.3, 0.4) is 0 Å². The molecule has 6 heteroatoms. The van der Waals surface area contributed by atoms with E-state index < -0.39 is 11.7 Å². The van der Waals surface area contributed by atoms with Gasteiger partial charge in [-0.2, -0.15) is 13.2 Å². The van der Waals surface area contributed by atoms with Gasteiger partial charge in [-0.05, 0) is 22.0 Å². The van der Waals surface area contributed by atoms with Gasteiger partial charge in [-0.15, -0.1) is 0 Å². The van der Waals surface area contributed by atoms with Crippen molar-refractivity contribution < 1.29 is 22.6 Å². The molecule has 0 bridgehead atoms. The molecule has 0 saturated heterocycles. The van der Waals surface area contributed by atoms with Gasteiger partial charge in [-0.3, -0.25) is 0 Å². The summed E-state index contributed by atoms with van der Waals surface area (Å²) >= 11 is 2.98. The second kappa shape index (κ2) is 4.30. The maximum Gasteiger partial charge on any atom is 0.420 e. The number of hydrogen-bond donors (Lipinski definition) is 0. The van der Waals surface area contributed by atoms with Crippen molar-refractivity contribution >= 4 is 15.9 Å². The Morgan fingerprint density at radius 1 is 1.07 bits per heavy atom. The fourth-order valence-electron chi connectivity index (χ4n) is 1.08. The lowest BCUT2D eigenvalue weighted by molar-refractivity contribution is -0.138. The van der Waals surface area contributed by atoms with Gasteiger partial charge >= 0.3 is 6.18 Å². The molecule has 0 atom stereocenters. The van der Waals surface area contributed by atoms with Crippen LogP contribution in [-0.2, 0) is 6.18 Å². The number of halogens is 4. The lowest BCUT2D eigenvalue weighted by Gasteiger charge is -2.14. The first-order valence-electron chi connectivity index (χ1n) is 3.89. The van der Waals surface area contributed by atoms with E-state index in [-0.39, 0.29) is 10.2 Å². The zero-order valence-electron chi connectivity index (χ0n) is 7.98. The zero-order valence-corrected chi connectivity index (χ0v) is 9.57. The molecule has 0 heterocycles. The van der Waals surface area contributed by atoms with Crippen molar-refractivity contribution in [3.8, 4) is 11.5 Å². The van der Waals surface area contributed by atoms with Crippen LogP contribution in [0.2, 0.25) is 0 Å². The highest BCUT2D eigenvalue weighted by Gasteiger charge is 2.35. The van der Waals surface area contributed by atoms with Gasteiger partial charge in [-0.25, -0.2) is 0 Å². The normalized spacial score (nSPS) is 11.3. The lowest BCUT2D eigenvalue weighted by Crippen LogP contribution is -2.07. The van der Waals surface area contributed by atoms with E-state index in [0.29, 0.717) is 5.75 Å². The zero-order chi connectivity index (χ0) is 11.6. The molecular formula is C9H8BrF3O2. The standard InChI is InChI=1S/C9H8BrF3O2/c1-14-7-4-8(15-2)6(10)3-5(7)9(11,12)13/h3-4H,1-2H3. The summed E-state index contributed by atoms with van der Waals surface area (Å²) in [4.78, 5) is 0. The van der Waals surface area contributed by atoms with Crippen molar-refractivity contribution in [3.05, 3.63) is 22.2 Å². The Balaban J connectivity index is 3.34. The van der Waals surface area contributed by atoms with Crippen LogP contribution >= 0.6 is 15.9 Å². The van der Waals surface area contributed by atoms with Crippen molar-refractivity contribution in [2.24, 2.45) is 0 Å². The van der Waals surface area contributed by atoms with Gasteiger partial charge in [0.2, 0.25) is 0 Å². The van der Waals surface area contributed by atoms with E-state index in [2.05, 4.69) is 20.7 Å². The molecule has 0 unspecified atom stereocenters. The summed E-state index contributed by atoms with van der Waals surface area (Å²) in [5.74, 6) is 0.0300. The van der Waals surface area contributed by atoms with Gasteiger partial charge in [-0.1, -0.05) is 0 Å². The smallest absolute Gasteiger partial charge is 0.420 e. The minimum atomic E-state index is -4.44. The van der Waals surface area contributed by atoms with Gasteiger partial charge in [0.15, 0.2) is 0 Å². The number of rotatable bonds is 2. The van der Waals surface area contributed by atoms with E-state index in [1.165, 1.54) is 20.3 Å². The van der Waals surface area contributed by atoms with Crippen molar-refractivity contribution in [3.63, 3.8) is 0 Å². The number of alkyl halides is 3. The first-order valence-corrected chi connectivity index (χ1v) is 4.68. The van der Waals surface area contributed by atoms with E-state index in [1.807, 2.05) is 0 Å². The Morgan fingerprint density at radius 3 is 2.00 bits per heavy atom. The molecule has 2 nitrogen and oxygen atoms in total. The minimum absolute atomic E-state index is 0.234. The minimum Gasteiger partial charge on any atom is -0.496 e. The van der Waals surface area contributed by atoms with Gasteiger partial charge in [0.05, 0.1) is 24.3 Å². The van der Waals surface area contributed by atoms with Crippen LogP contribution < -0.4 is 9.47 Å². The Morgan fingerprint density at radius 2 is 1.60 bits per heavy atom. The third-order valence-corrected chi connectivity index (χ3v) is 2.40. The molecule has 1 rings (SSSR count). The molecule has 0 aromatic heterocycles. The fourth-order valence-corrected chi connectivity index (χ4v) is 1.59. The number of methoxy groups -OCH3 is 2. The highest BCUT2D eigenvalue weighted by atomic mass is 79.9. The van der Waals surface area contributed by atoms with Gasteiger partial charge < -0.3 is 9.47 Å². The topological polar surface area (TPSA) is 18.5 Å². The largest absolute Gasteiger partial charge is 0.496 e. The Hall–Kier alpha value is -0.910. The van der Waals surface area contributed by atoms with E-state index >= 15 is 0 Å². The molecule has 0 aliphatic rings. The highest BCUT2D eigenvalue weighted by molar-refractivity contribution is 9.10. The predicted molar refractivity (Wildman–Crippen MR) is 52.2 cm³/mol. The van der Waals surface area contributed by atoms with Crippen LogP contribution in [0.4, 0.5) is 13.2 Å². The van der Waals surface area contributed by atoms with E-state index in [4.69, 9.17) is 4.74 Å². The van der Waals surface area contributed by atoms with E-state index in [0.717, 1.165) is 6.07 Å². The van der Waals surface area contributed by atoms with Gasteiger partial charge in [0.25, 0.3) is 0 Å². The number of hydrogen-bond acceptors (Lipinski definition) is 2. The van der Waals surface area contributed by atoms with Crippen molar-refractivity contribution in [2.75, 3.05) is 14.2 Å². The average molecular weight is 285 g/mol. The third-order valence-electron chi connectivity index (χ3n) is 1.78. The van der Waals surface area contributed by atoms with Crippen LogP contribution in [0.25, 0.3) is 0 Å². The fraction of sp³-hybridized carbons (Fsp3) is 0.333. The van der Waals surface area contributed by atoms with Crippen LogP contribution in [-0.4, -0.2) is 14.2 Å². The Labute approximate surface area is 93.1 Å². The molecule has 0 fully saturated rings. The molecule has 15 heavy (non-hydrogen) atoms. The number of benzene rings is 1. The van der Waals surface area contributed by atoms with Crippen LogP contribution in [0.15, 0.2) is 16.6 Å². The second-order valence-corrected chi connectivity index (χ2v) is 3.54. The summed E-state index contributed by atoms with van der Waals surface area (Å²) in [5.41, 5.74) is -0.835. The number of ether oxygens (including phenoxy) is 2. The maximum atomic E-state index is 12.5. The van der Waals surface area contributed by atoms with E-state index in [9.17, 15) is 13.2 Å². The molecular weight excluding hydrogens is 277 g/mol.